The minimum Gasteiger partial charge on any atom is -0.408 e. The van der Waals surface area contributed by atoms with E-state index in [-0.39, 0.29) is 5.69 Å². The van der Waals surface area contributed by atoms with Gasteiger partial charge in [-0.2, -0.15) is 0 Å². The molecule has 0 spiro atoms. The number of fused-ring (bicyclic) bond motifs is 1. The number of aryl methyl sites for hydroxylation is 2. The highest BCUT2D eigenvalue weighted by atomic mass is 32.2. The number of hydrogen-bond acceptors (Lipinski definition) is 6. The van der Waals surface area contributed by atoms with Crippen LogP contribution in [0.2, 0.25) is 0 Å². The van der Waals surface area contributed by atoms with Crippen LogP contribution in [0.5, 0.6) is 0 Å². The first kappa shape index (κ1) is 20.2. The number of benzene rings is 1. The van der Waals surface area contributed by atoms with E-state index in [9.17, 15) is 14.9 Å². The normalized spacial score (nSPS) is 11.6. The van der Waals surface area contributed by atoms with Gasteiger partial charge in [-0.15, -0.1) is 0 Å². The Bertz CT molecular complexity index is 1060. The fraction of sp³-hybridized carbons (Fsp3) is 0.474. The number of oxazole rings is 1. The average Bonchev–Trinajstić information content (AvgIpc) is 3.08. The van der Waals surface area contributed by atoms with Crippen molar-refractivity contribution in [3.63, 3.8) is 0 Å². The number of thioether (sulfide) groups is 1. The molecular formula is C19H24N4O4S. The highest BCUT2D eigenvalue weighted by Crippen LogP contribution is 2.24. The maximum Gasteiger partial charge on any atom is 0.419 e. The molecule has 0 amide bonds. The zero-order chi connectivity index (χ0) is 20.4. The van der Waals surface area contributed by atoms with Crippen LogP contribution in [-0.2, 0) is 13.1 Å². The summed E-state index contributed by atoms with van der Waals surface area (Å²) in [5, 5.41) is 12.0. The van der Waals surface area contributed by atoms with Gasteiger partial charge in [0.1, 0.15) is 0 Å². The predicted molar refractivity (Wildman–Crippen MR) is 109 cm³/mol. The first-order valence-electron chi connectivity index (χ1n) is 9.22. The molecule has 8 nitrogen and oxygen atoms in total. The first-order valence-corrected chi connectivity index (χ1v) is 10.2. The van der Waals surface area contributed by atoms with Gasteiger partial charge in [-0.3, -0.25) is 14.7 Å². The molecular weight excluding hydrogens is 380 g/mol. The third-order valence-corrected chi connectivity index (χ3v) is 5.65. The minimum absolute atomic E-state index is 0.0573. The van der Waals surface area contributed by atoms with Gasteiger partial charge >= 0.3 is 5.76 Å². The molecule has 0 bridgehead atoms. The Morgan fingerprint density at radius 2 is 2.04 bits per heavy atom. The van der Waals surface area contributed by atoms with Gasteiger partial charge in [0.15, 0.2) is 10.7 Å². The van der Waals surface area contributed by atoms with Gasteiger partial charge in [0.05, 0.1) is 16.1 Å². The summed E-state index contributed by atoms with van der Waals surface area (Å²) in [4.78, 5) is 27.3. The maximum absolute atomic E-state index is 12.1. The van der Waals surface area contributed by atoms with E-state index in [4.69, 9.17) is 4.42 Å². The molecule has 0 unspecified atom stereocenters. The summed E-state index contributed by atoms with van der Waals surface area (Å²) in [6.07, 6.45) is 0.717. The van der Waals surface area contributed by atoms with Gasteiger partial charge in [-0.05, 0) is 32.3 Å². The lowest BCUT2D eigenvalue weighted by Gasteiger charge is -2.12. The molecule has 0 aliphatic heterocycles. The molecule has 150 valence electrons. The van der Waals surface area contributed by atoms with Crippen LogP contribution in [0.3, 0.4) is 0 Å². The number of hydrogen-bond donors (Lipinski definition) is 0. The number of imidazole rings is 1. The number of nitro groups is 1. The number of nitrogens with zero attached hydrogens (tertiary/aromatic N) is 4. The second-order valence-corrected chi connectivity index (χ2v) is 8.26. The second-order valence-electron chi connectivity index (χ2n) is 7.20. The van der Waals surface area contributed by atoms with E-state index in [1.54, 1.807) is 11.8 Å². The van der Waals surface area contributed by atoms with Gasteiger partial charge in [0, 0.05) is 36.7 Å². The van der Waals surface area contributed by atoms with Crippen LogP contribution in [0.15, 0.2) is 32.6 Å². The van der Waals surface area contributed by atoms with Crippen molar-refractivity contribution in [3.8, 4) is 0 Å². The molecule has 0 N–H and O–H groups in total. The van der Waals surface area contributed by atoms with E-state index in [2.05, 4.69) is 30.3 Å². The molecule has 3 rings (SSSR count). The zero-order valence-electron chi connectivity index (χ0n) is 16.5. The Labute approximate surface area is 166 Å². The maximum atomic E-state index is 12.1. The van der Waals surface area contributed by atoms with Crippen LogP contribution in [0.1, 0.15) is 31.7 Å². The van der Waals surface area contributed by atoms with Gasteiger partial charge in [0.25, 0.3) is 5.69 Å². The van der Waals surface area contributed by atoms with E-state index in [0.717, 1.165) is 23.1 Å². The van der Waals surface area contributed by atoms with Crippen molar-refractivity contribution in [2.24, 2.45) is 5.92 Å². The van der Waals surface area contributed by atoms with Crippen molar-refractivity contribution in [1.82, 2.24) is 14.1 Å². The molecule has 0 saturated heterocycles. The van der Waals surface area contributed by atoms with Crippen LogP contribution < -0.4 is 5.76 Å². The first-order chi connectivity index (χ1) is 13.3. The molecule has 2 aromatic heterocycles. The van der Waals surface area contributed by atoms with Crippen molar-refractivity contribution >= 4 is 28.5 Å². The summed E-state index contributed by atoms with van der Waals surface area (Å²) in [5.74, 6) is 0.814. The fourth-order valence-electron chi connectivity index (χ4n) is 3.08. The number of aromatic nitrogens is 3. The van der Waals surface area contributed by atoms with Crippen LogP contribution in [-0.4, -0.2) is 24.8 Å². The van der Waals surface area contributed by atoms with Gasteiger partial charge in [0.2, 0.25) is 0 Å². The molecule has 2 heterocycles. The van der Waals surface area contributed by atoms with Crippen molar-refractivity contribution in [1.29, 1.82) is 0 Å². The summed E-state index contributed by atoms with van der Waals surface area (Å²) >= 11 is 1.66. The molecule has 0 atom stereocenters. The lowest BCUT2D eigenvalue weighted by atomic mass is 10.2. The summed E-state index contributed by atoms with van der Waals surface area (Å²) in [7, 11) is 0. The lowest BCUT2D eigenvalue weighted by molar-refractivity contribution is -0.384. The van der Waals surface area contributed by atoms with Crippen molar-refractivity contribution < 1.29 is 9.34 Å². The molecule has 1 aromatic carbocycles. The number of non-ortho nitro benzene ring substituents is 1. The summed E-state index contributed by atoms with van der Waals surface area (Å²) in [5.41, 5.74) is 2.98. The van der Waals surface area contributed by atoms with E-state index < -0.39 is 10.7 Å². The van der Waals surface area contributed by atoms with Crippen LogP contribution in [0.25, 0.3) is 11.1 Å². The molecule has 0 saturated carbocycles. The lowest BCUT2D eigenvalue weighted by Crippen LogP contribution is -2.14. The Morgan fingerprint density at radius 3 is 2.71 bits per heavy atom. The SMILES string of the molecule is Cc1nc(SCCCn2c(=O)oc3ccc([N+](=O)[O-])cc32)n(CC(C)C)c1C. The van der Waals surface area contributed by atoms with E-state index in [1.165, 1.54) is 28.5 Å². The highest BCUT2D eigenvalue weighted by molar-refractivity contribution is 7.99. The second kappa shape index (κ2) is 8.22. The van der Waals surface area contributed by atoms with Crippen molar-refractivity contribution in [2.75, 3.05) is 5.75 Å². The average molecular weight is 404 g/mol. The molecule has 3 aromatic rings. The molecule has 0 aliphatic rings. The molecule has 0 fully saturated rings. The summed E-state index contributed by atoms with van der Waals surface area (Å²) < 4.78 is 8.89. The topological polar surface area (TPSA) is 96.1 Å². The molecule has 9 heteroatoms. The Kier molecular flexibility index (Phi) is 5.93. The minimum atomic E-state index is -0.492. The highest BCUT2D eigenvalue weighted by Gasteiger charge is 2.15. The molecule has 0 radical (unpaired) electrons. The smallest absolute Gasteiger partial charge is 0.408 e. The fourth-order valence-corrected chi connectivity index (χ4v) is 4.10. The van der Waals surface area contributed by atoms with Crippen LogP contribution in [0.4, 0.5) is 5.69 Å². The zero-order valence-corrected chi connectivity index (χ0v) is 17.3. The van der Waals surface area contributed by atoms with Crippen LogP contribution >= 0.6 is 11.8 Å². The number of nitro benzene ring substituents is 1. The molecule has 28 heavy (non-hydrogen) atoms. The largest absolute Gasteiger partial charge is 0.419 e. The quantitative estimate of drug-likeness (QED) is 0.242. The third kappa shape index (κ3) is 4.14. The van der Waals surface area contributed by atoms with Gasteiger partial charge < -0.3 is 8.98 Å². The van der Waals surface area contributed by atoms with E-state index >= 15 is 0 Å². The van der Waals surface area contributed by atoms with E-state index in [1.807, 2.05) is 6.92 Å². The Balaban J connectivity index is 1.70. The van der Waals surface area contributed by atoms with E-state index in [0.29, 0.717) is 30.0 Å². The van der Waals surface area contributed by atoms with Gasteiger partial charge in [-0.1, -0.05) is 25.6 Å². The standard InChI is InChI=1S/C19H24N4O4S/c1-12(2)11-22-14(4)13(3)20-18(22)28-9-5-8-21-16-10-15(23(25)26)6-7-17(16)27-19(21)24/h6-7,10,12H,5,8-9,11H2,1-4H3. The van der Waals surface area contributed by atoms with Crippen molar-refractivity contribution in [2.45, 2.75) is 52.4 Å². The Hall–Kier alpha value is -2.55. The monoisotopic (exact) mass is 404 g/mol. The van der Waals surface area contributed by atoms with Crippen molar-refractivity contribution in [3.05, 3.63) is 50.3 Å². The summed E-state index contributed by atoms with van der Waals surface area (Å²) in [6.45, 7) is 9.81. The van der Waals surface area contributed by atoms with Gasteiger partial charge in [-0.25, -0.2) is 9.78 Å². The third-order valence-electron chi connectivity index (χ3n) is 4.59. The molecule has 0 aliphatic carbocycles. The van der Waals surface area contributed by atoms with Crippen LogP contribution in [0, 0.1) is 29.9 Å². The Morgan fingerprint density at radius 1 is 1.29 bits per heavy atom. The number of rotatable bonds is 8. The predicted octanol–water partition coefficient (Wildman–Crippen LogP) is 4.15. The summed E-state index contributed by atoms with van der Waals surface area (Å²) in [6, 6.07) is 4.19.